The van der Waals surface area contributed by atoms with Crippen LogP contribution in [0.25, 0.3) is 0 Å². The van der Waals surface area contributed by atoms with E-state index in [4.69, 9.17) is 0 Å². The van der Waals surface area contributed by atoms with Gasteiger partial charge < -0.3 is 5.32 Å². The Labute approximate surface area is 58.5 Å². The van der Waals surface area contributed by atoms with Gasteiger partial charge in [-0.1, -0.05) is 0 Å². The smallest absolute Gasteiger partial charge is 0.0527 e. The second-order valence-corrected chi connectivity index (χ2v) is 5.19. The minimum absolute atomic E-state index is 0.00174. The zero-order chi connectivity index (χ0) is 6.91. The molecular weight excluding hydrogens is 134 g/mol. The lowest BCUT2D eigenvalue weighted by atomic mass is 10.2. The molecule has 0 saturated carbocycles. The Balaban J connectivity index is 2.60. The third-order valence-corrected chi connectivity index (χ3v) is 3.58. The lowest BCUT2D eigenvalue weighted by Crippen LogP contribution is -2.47. The molecule has 0 aromatic carbocycles. The molecule has 1 N–H and O–H groups in total. The summed E-state index contributed by atoms with van der Waals surface area (Å²) in [7, 11) is -0.613. The molecule has 1 heterocycles. The second kappa shape index (κ2) is 2.39. The number of rotatable bonds is 0. The van der Waals surface area contributed by atoms with Gasteiger partial charge in [0.25, 0.3) is 0 Å². The third kappa shape index (κ3) is 1.52. The van der Waals surface area contributed by atoms with Crippen LogP contribution in [0.15, 0.2) is 0 Å². The maximum Gasteiger partial charge on any atom is 0.0527 e. The summed E-state index contributed by atoms with van der Waals surface area (Å²) in [6.45, 7) is 5.88. The van der Waals surface area contributed by atoms with Crippen molar-refractivity contribution in [2.45, 2.75) is 18.6 Å². The van der Waals surface area contributed by atoms with Gasteiger partial charge in [0.15, 0.2) is 0 Å². The van der Waals surface area contributed by atoms with Crippen molar-refractivity contribution in [1.82, 2.24) is 5.32 Å². The summed E-state index contributed by atoms with van der Waals surface area (Å²) < 4.78 is 11.2. The molecule has 0 bridgehead atoms. The molecule has 54 valence electrons. The van der Waals surface area contributed by atoms with Crippen LogP contribution in [0.3, 0.4) is 0 Å². The molecule has 0 radical (unpaired) electrons. The Hall–Kier alpha value is 0.110. The summed E-state index contributed by atoms with van der Waals surface area (Å²) in [4.78, 5) is 0. The number of nitrogens with one attached hydrogen (secondary N) is 1. The Morgan fingerprint density at radius 2 is 2.22 bits per heavy atom. The highest BCUT2D eigenvalue weighted by atomic mass is 32.2. The van der Waals surface area contributed by atoms with Crippen molar-refractivity contribution in [2.24, 2.45) is 0 Å². The summed E-state index contributed by atoms with van der Waals surface area (Å²) in [5.41, 5.74) is 0. The molecule has 0 amide bonds. The molecule has 1 unspecified atom stereocenters. The number of hydrogen-bond donors (Lipinski definition) is 1. The van der Waals surface area contributed by atoms with Crippen LogP contribution in [-0.4, -0.2) is 27.8 Å². The van der Waals surface area contributed by atoms with Crippen molar-refractivity contribution in [2.75, 3.05) is 18.8 Å². The monoisotopic (exact) mass is 147 g/mol. The first-order chi connectivity index (χ1) is 4.13. The van der Waals surface area contributed by atoms with Gasteiger partial charge >= 0.3 is 0 Å². The maximum absolute atomic E-state index is 11.2. The van der Waals surface area contributed by atoms with Crippen LogP contribution in [0, 0.1) is 0 Å². The highest BCUT2D eigenvalue weighted by Crippen LogP contribution is 2.13. The Morgan fingerprint density at radius 1 is 1.56 bits per heavy atom. The largest absolute Gasteiger partial charge is 0.314 e. The summed E-state index contributed by atoms with van der Waals surface area (Å²) in [6, 6.07) is 0. The summed E-state index contributed by atoms with van der Waals surface area (Å²) >= 11 is 0. The van der Waals surface area contributed by atoms with Gasteiger partial charge in [-0.05, 0) is 13.8 Å². The van der Waals surface area contributed by atoms with Gasteiger partial charge in [0.2, 0.25) is 0 Å². The van der Waals surface area contributed by atoms with E-state index in [1.54, 1.807) is 0 Å². The molecule has 1 aliphatic heterocycles. The van der Waals surface area contributed by atoms with E-state index >= 15 is 0 Å². The quantitative estimate of drug-likeness (QED) is 0.527. The van der Waals surface area contributed by atoms with E-state index < -0.39 is 10.8 Å². The fourth-order valence-electron chi connectivity index (χ4n) is 0.911. The normalized spacial score (nSPS) is 34.2. The summed E-state index contributed by atoms with van der Waals surface area (Å²) in [5, 5.41) is 3.21. The van der Waals surface area contributed by atoms with Crippen LogP contribution in [-0.2, 0) is 10.8 Å². The molecule has 3 heteroatoms. The first kappa shape index (κ1) is 7.22. The van der Waals surface area contributed by atoms with E-state index in [0.717, 1.165) is 18.8 Å². The average molecular weight is 147 g/mol. The Morgan fingerprint density at radius 3 is 2.56 bits per heavy atom. The molecule has 1 atom stereocenters. The molecular formula is C6H13NOS. The van der Waals surface area contributed by atoms with Crippen LogP contribution in [0.4, 0.5) is 0 Å². The molecule has 0 aromatic rings. The van der Waals surface area contributed by atoms with Crippen LogP contribution >= 0.6 is 0 Å². The predicted molar refractivity (Wildman–Crippen MR) is 40.0 cm³/mol. The molecule has 2 nitrogen and oxygen atoms in total. The number of hydrogen-bond acceptors (Lipinski definition) is 2. The van der Waals surface area contributed by atoms with E-state index in [1.165, 1.54) is 0 Å². The van der Waals surface area contributed by atoms with Gasteiger partial charge in [0.05, 0.1) is 4.75 Å². The molecule has 1 fully saturated rings. The molecule has 1 aliphatic rings. The van der Waals surface area contributed by atoms with E-state index in [-0.39, 0.29) is 4.75 Å². The highest BCUT2D eigenvalue weighted by Gasteiger charge is 2.27. The van der Waals surface area contributed by atoms with Crippen molar-refractivity contribution < 1.29 is 4.21 Å². The van der Waals surface area contributed by atoms with Crippen molar-refractivity contribution in [3.8, 4) is 0 Å². The fourth-order valence-corrected chi connectivity index (χ4v) is 2.06. The zero-order valence-electron chi connectivity index (χ0n) is 5.94. The summed E-state index contributed by atoms with van der Waals surface area (Å²) in [5.74, 6) is 0.812. The zero-order valence-corrected chi connectivity index (χ0v) is 6.75. The fraction of sp³-hybridized carbons (Fsp3) is 1.00. The van der Waals surface area contributed by atoms with E-state index in [1.807, 2.05) is 13.8 Å². The Kier molecular flexibility index (Phi) is 1.91. The first-order valence-electron chi connectivity index (χ1n) is 3.22. The Bertz CT molecular complexity index is 133. The lowest BCUT2D eigenvalue weighted by Gasteiger charge is -2.28. The van der Waals surface area contributed by atoms with Gasteiger partial charge in [-0.2, -0.15) is 0 Å². The first-order valence-corrected chi connectivity index (χ1v) is 4.54. The molecule has 1 saturated heterocycles. The SMILES string of the molecule is CC1(C)CNCCS1=O. The van der Waals surface area contributed by atoms with Crippen LogP contribution < -0.4 is 5.32 Å². The maximum atomic E-state index is 11.2. The van der Waals surface area contributed by atoms with Crippen molar-refractivity contribution in [1.29, 1.82) is 0 Å². The van der Waals surface area contributed by atoms with Gasteiger partial charge in [-0.3, -0.25) is 4.21 Å². The van der Waals surface area contributed by atoms with E-state index in [2.05, 4.69) is 5.32 Å². The topological polar surface area (TPSA) is 29.1 Å². The minimum Gasteiger partial charge on any atom is -0.314 e. The van der Waals surface area contributed by atoms with E-state index in [0.29, 0.717) is 0 Å². The average Bonchev–Trinajstić information content (AvgIpc) is 1.77. The second-order valence-electron chi connectivity index (χ2n) is 2.99. The lowest BCUT2D eigenvalue weighted by molar-refractivity contribution is 0.549. The van der Waals surface area contributed by atoms with Gasteiger partial charge in [0.1, 0.15) is 0 Å². The van der Waals surface area contributed by atoms with Crippen LogP contribution in [0.5, 0.6) is 0 Å². The molecule has 0 aromatic heterocycles. The minimum atomic E-state index is -0.613. The highest BCUT2D eigenvalue weighted by molar-refractivity contribution is 7.86. The summed E-state index contributed by atoms with van der Waals surface area (Å²) in [6.07, 6.45) is 0. The van der Waals surface area contributed by atoms with Gasteiger partial charge in [0, 0.05) is 29.6 Å². The van der Waals surface area contributed by atoms with Crippen LogP contribution in [0.2, 0.25) is 0 Å². The van der Waals surface area contributed by atoms with Crippen molar-refractivity contribution in [3.63, 3.8) is 0 Å². The molecule has 0 spiro atoms. The third-order valence-electron chi connectivity index (χ3n) is 1.63. The predicted octanol–water partition coefficient (Wildman–Crippen LogP) is 0.117. The van der Waals surface area contributed by atoms with E-state index in [9.17, 15) is 4.21 Å². The standard InChI is InChI=1S/C6H13NOS/c1-6(2)5-7-3-4-9(6)8/h7H,3-5H2,1-2H3. The molecule has 1 rings (SSSR count). The van der Waals surface area contributed by atoms with Crippen LogP contribution in [0.1, 0.15) is 13.8 Å². The van der Waals surface area contributed by atoms with Crippen molar-refractivity contribution in [3.05, 3.63) is 0 Å². The molecule has 9 heavy (non-hydrogen) atoms. The molecule has 0 aliphatic carbocycles. The van der Waals surface area contributed by atoms with Crippen molar-refractivity contribution >= 4 is 10.8 Å². The van der Waals surface area contributed by atoms with Gasteiger partial charge in [-0.25, -0.2) is 0 Å². The van der Waals surface area contributed by atoms with Gasteiger partial charge in [-0.15, -0.1) is 0 Å².